The van der Waals surface area contributed by atoms with Crippen LogP contribution in [0.2, 0.25) is 0 Å². The lowest BCUT2D eigenvalue weighted by molar-refractivity contribution is -0.116. The Balaban J connectivity index is 1.48. The van der Waals surface area contributed by atoms with Gasteiger partial charge < -0.3 is 0 Å². The molecule has 2 aliphatic carbocycles. The third-order valence-corrected chi connectivity index (χ3v) is 7.72. The van der Waals surface area contributed by atoms with Gasteiger partial charge in [-0.15, -0.1) is 0 Å². The molecule has 1 saturated heterocycles. The zero-order chi connectivity index (χ0) is 19.0. The van der Waals surface area contributed by atoms with E-state index in [0.29, 0.717) is 0 Å². The second kappa shape index (κ2) is 7.51. The van der Waals surface area contributed by atoms with Crippen molar-refractivity contribution in [3.63, 3.8) is 0 Å². The number of ketones is 1. The maximum absolute atomic E-state index is 12.7. The predicted octanol–water partition coefficient (Wildman–Crippen LogP) is 2.80. The summed E-state index contributed by atoms with van der Waals surface area (Å²) in [6.45, 7) is 0.998. The molecule has 1 aromatic carbocycles. The molecular weight excluding hydrogens is 358 g/mol. The third-order valence-electron chi connectivity index (χ3n) is 6.42. The molecular formula is C22H29NO3S. The molecule has 0 saturated carbocycles. The van der Waals surface area contributed by atoms with Crippen LogP contribution in [-0.4, -0.2) is 44.5 Å². The first-order chi connectivity index (χ1) is 12.9. The van der Waals surface area contributed by atoms with Gasteiger partial charge >= 0.3 is 0 Å². The van der Waals surface area contributed by atoms with Crippen molar-refractivity contribution in [1.82, 2.24) is 4.90 Å². The molecule has 4 nitrogen and oxygen atoms in total. The molecule has 1 fully saturated rings. The van der Waals surface area contributed by atoms with Gasteiger partial charge in [-0.1, -0.05) is 12.1 Å². The number of benzene rings is 1. The maximum atomic E-state index is 12.7. The SMILES string of the molecule is CN1CCC[C@@H]1/C=C/S(=O)(=O)CC(=O)Cc1c2c(cc3c1CCC3)CCC2. The fraction of sp³-hybridized carbons (Fsp3) is 0.591. The van der Waals surface area contributed by atoms with E-state index in [1.807, 2.05) is 7.05 Å². The Labute approximate surface area is 162 Å². The van der Waals surface area contributed by atoms with Gasteiger partial charge in [0.15, 0.2) is 15.6 Å². The van der Waals surface area contributed by atoms with E-state index in [4.69, 9.17) is 0 Å². The van der Waals surface area contributed by atoms with Gasteiger partial charge in [-0.2, -0.15) is 0 Å². The number of likely N-dealkylation sites (N-methyl/N-ethyl adjacent to an activating group) is 1. The smallest absolute Gasteiger partial charge is 0.178 e. The van der Waals surface area contributed by atoms with E-state index in [0.717, 1.165) is 63.5 Å². The van der Waals surface area contributed by atoms with E-state index in [2.05, 4.69) is 11.0 Å². The van der Waals surface area contributed by atoms with Crippen molar-refractivity contribution < 1.29 is 13.2 Å². The second-order valence-corrected chi connectivity index (χ2v) is 10.3. The van der Waals surface area contributed by atoms with Crippen LogP contribution in [0.5, 0.6) is 0 Å². The molecule has 3 aliphatic rings. The van der Waals surface area contributed by atoms with Crippen LogP contribution >= 0.6 is 0 Å². The normalized spacial score (nSPS) is 22.5. The Morgan fingerprint density at radius 2 is 1.78 bits per heavy atom. The number of sulfone groups is 1. The molecule has 0 radical (unpaired) electrons. The first kappa shape index (κ1) is 18.9. The standard InChI is InChI=1S/C22H29NO3S/c1-23-11-4-7-18(23)10-12-27(25,26)15-19(24)14-22-20-8-2-5-16(20)13-17-6-3-9-21(17)22/h10,12-13,18H,2-9,11,14-15H2,1H3/b12-10+/t18-/m1/s1. The van der Waals surface area contributed by atoms with Gasteiger partial charge in [-0.25, -0.2) is 8.42 Å². The summed E-state index contributed by atoms with van der Waals surface area (Å²) in [5.41, 5.74) is 6.63. The number of hydrogen-bond acceptors (Lipinski definition) is 4. The van der Waals surface area contributed by atoms with Crippen molar-refractivity contribution in [2.24, 2.45) is 0 Å². The van der Waals surface area contributed by atoms with Gasteiger partial charge in [0.05, 0.1) is 0 Å². The van der Waals surface area contributed by atoms with Gasteiger partial charge in [0.1, 0.15) is 5.75 Å². The number of rotatable bonds is 6. The number of likely N-dealkylation sites (tertiary alicyclic amines) is 1. The van der Waals surface area contributed by atoms with Crippen molar-refractivity contribution >= 4 is 15.6 Å². The van der Waals surface area contributed by atoms with Gasteiger partial charge in [0.2, 0.25) is 0 Å². The molecule has 1 atom stereocenters. The van der Waals surface area contributed by atoms with E-state index in [9.17, 15) is 13.2 Å². The van der Waals surface area contributed by atoms with E-state index in [1.54, 1.807) is 6.08 Å². The monoisotopic (exact) mass is 387 g/mol. The van der Waals surface area contributed by atoms with Crippen molar-refractivity contribution in [3.8, 4) is 0 Å². The molecule has 5 heteroatoms. The minimum Gasteiger partial charge on any atom is -0.300 e. The highest BCUT2D eigenvalue weighted by Gasteiger charge is 2.26. The van der Waals surface area contributed by atoms with Crippen LogP contribution in [0.1, 0.15) is 53.5 Å². The summed E-state index contributed by atoms with van der Waals surface area (Å²) < 4.78 is 24.9. The zero-order valence-corrected chi connectivity index (χ0v) is 17.0. The number of Topliss-reactive ketones (excluding diaryl/α,β-unsaturated/α-hetero) is 1. The lowest BCUT2D eigenvalue weighted by atomic mass is 9.91. The average molecular weight is 388 g/mol. The summed E-state index contributed by atoms with van der Waals surface area (Å²) in [6.07, 6.45) is 10.7. The van der Waals surface area contributed by atoms with Crippen LogP contribution in [0.3, 0.4) is 0 Å². The molecule has 0 N–H and O–H groups in total. The zero-order valence-electron chi connectivity index (χ0n) is 16.2. The number of hydrogen-bond donors (Lipinski definition) is 0. The molecule has 0 aromatic heterocycles. The van der Waals surface area contributed by atoms with Crippen molar-refractivity contribution in [3.05, 3.63) is 45.4 Å². The Hall–Kier alpha value is -1.46. The summed E-state index contributed by atoms with van der Waals surface area (Å²) in [5.74, 6) is -0.549. The minimum absolute atomic E-state index is 0.172. The molecule has 1 aliphatic heterocycles. The lowest BCUT2D eigenvalue weighted by Gasteiger charge is -2.15. The molecule has 27 heavy (non-hydrogen) atoms. The summed E-state index contributed by atoms with van der Waals surface area (Å²) >= 11 is 0. The second-order valence-electron chi connectivity index (χ2n) is 8.38. The topological polar surface area (TPSA) is 54.5 Å². The molecule has 1 heterocycles. The number of fused-ring (bicyclic) bond motifs is 2. The highest BCUT2D eigenvalue weighted by molar-refractivity contribution is 7.94. The van der Waals surface area contributed by atoms with Gasteiger partial charge in [-0.3, -0.25) is 9.69 Å². The Bertz CT molecular complexity index is 853. The Kier molecular flexibility index (Phi) is 5.26. The summed E-state index contributed by atoms with van der Waals surface area (Å²) in [7, 11) is -1.49. The molecule has 146 valence electrons. The molecule has 1 aromatic rings. The fourth-order valence-electron chi connectivity index (χ4n) is 5.06. The number of nitrogens with zero attached hydrogens (tertiary/aromatic N) is 1. The van der Waals surface area contributed by atoms with E-state index in [1.165, 1.54) is 27.7 Å². The van der Waals surface area contributed by atoms with Gasteiger partial charge in [0.25, 0.3) is 0 Å². The molecule has 4 rings (SSSR count). The Morgan fingerprint density at radius 3 is 2.37 bits per heavy atom. The van der Waals surface area contributed by atoms with Gasteiger partial charge in [0, 0.05) is 17.9 Å². The van der Waals surface area contributed by atoms with Crippen LogP contribution in [-0.2, 0) is 46.7 Å². The largest absolute Gasteiger partial charge is 0.300 e. The Morgan fingerprint density at radius 1 is 1.11 bits per heavy atom. The van der Waals surface area contributed by atoms with Crippen molar-refractivity contribution in [1.29, 1.82) is 0 Å². The fourth-order valence-corrected chi connectivity index (χ4v) is 6.13. The van der Waals surface area contributed by atoms with Crippen LogP contribution in [0, 0.1) is 0 Å². The van der Waals surface area contributed by atoms with E-state index >= 15 is 0 Å². The highest BCUT2D eigenvalue weighted by atomic mass is 32.2. The highest BCUT2D eigenvalue weighted by Crippen LogP contribution is 2.35. The number of carbonyl (C=O) groups is 1. The molecule has 0 spiro atoms. The first-order valence-corrected chi connectivity index (χ1v) is 11.9. The van der Waals surface area contributed by atoms with Crippen LogP contribution in [0.25, 0.3) is 0 Å². The first-order valence-electron chi connectivity index (χ1n) is 10.2. The molecule has 0 bridgehead atoms. The quantitative estimate of drug-likeness (QED) is 0.753. The number of carbonyl (C=O) groups excluding carboxylic acids is 1. The van der Waals surface area contributed by atoms with Crippen LogP contribution in [0.15, 0.2) is 17.6 Å². The average Bonchev–Trinajstić information content (AvgIpc) is 3.32. The maximum Gasteiger partial charge on any atom is 0.178 e. The molecule has 0 unspecified atom stereocenters. The van der Waals surface area contributed by atoms with Crippen LogP contribution < -0.4 is 0 Å². The lowest BCUT2D eigenvalue weighted by Crippen LogP contribution is -2.23. The van der Waals surface area contributed by atoms with Crippen LogP contribution in [0.4, 0.5) is 0 Å². The van der Waals surface area contributed by atoms with E-state index in [-0.39, 0.29) is 24.0 Å². The predicted molar refractivity (Wildman–Crippen MR) is 108 cm³/mol. The number of aryl methyl sites for hydroxylation is 2. The molecule has 0 amide bonds. The van der Waals surface area contributed by atoms with E-state index < -0.39 is 9.84 Å². The van der Waals surface area contributed by atoms with Crippen molar-refractivity contribution in [2.45, 2.75) is 63.8 Å². The summed E-state index contributed by atoms with van der Waals surface area (Å²) in [4.78, 5) is 14.8. The van der Waals surface area contributed by atoms with Crippen molar-refractivity contribution in [2.75, 3.05) is 19.3 Å². The minimum atomic E-state index is -3.50. The summed E-state index contributed by atoms with van der Waals surface area (Å²) in [5, 5.41) is 1.28. The van der Waals surface area contributed by atoms with Gasteiger partial charge in [-0.05, 0) is 92.8 Å². The third kappa shape index (κ3) is 4.04. The summed E-state index contributed by atoms with van der Waals surface area (Å²) in [6, 6.07) is 2.52.